The zero-order chi connectivity index (χ0) is 19.2. The van der Waals surface area contributed by atoms with Crippen molar-refractivity contribution in [1.82, 2.24) is 24.8 Å². The van der Waals surface area contributed by atoms with E-state index in [9.17, 15) is 4.79 Å². The molecule has 0 aliphatic carbocycles. The van der Waals surface area contributed by atoms with Crippen LogP contribution in [-0.4, -0.2) is 56.8 Å². The van der Waals surface area contributed by atoms with Gasteiger partial charge in [-0.05, 0) is 50.9 Å². The number of carbonyl (C=O) groups excluding carboxylic acids is 1. The number of hydrogen-bond donors (Lipinski definition) is 1. The third-order valence-corrected chi connectivity index (χ3v) is 5.31. The lowest BCUT2D eigenvalue weighted by Crippen LogP contribution is -2.37. The molecule has 7 nitrogen and oxygen atoms in total. The van der Waals surface area contributed by atoms with Gasteiger partial charge in [0, 0.05) is 37.7 Å². The first-order valence-corrected chi connectivity index (χ1v) is 9.51. The number of likely N-dealkylation sites (tertiary alicyclic amines) is 1. The average molecular weight is 368 g/mol. The maximum atomic E-state index is 12.9. The number of rotatable bonds is 5. The van der Waals surface area contributed by atoms with E-state index in [1.807, 2.05) is 24.0 Å². The van der Waals surface area contributed by atoms with Gasteiger partial charge in [0.25, 0.3) is 0 Å². The Morgan fingerprint density at radius 3 is 2.93 bits per heavy atom. The normalized spacial score (nSPS) is 18.9. The molecule has 0 bridgehead atoms. The minimum absolute atomic E-state index is 0.159. The fourth-order valence-corrected chi connectivity index (χ4v) is 3.63. The second-order valence-electron chi connectivity index (χ2n) is 7.23. The number of nitrogen functional groups attached to an aromatic ring is 1. The van der Waals surface area contributed by atoms with Crippen LogP contribution in [0.5, 0.6) is 0 Å². The predicted octanol–water partition coefficient (Wildman–Crippen LogP) is 2.07. The Kier molecular flexibility index (Phi) is 6.34. The van der Waals surface area contributed by atoms with Crippen LogP contribution >= 0.6 is 0 Å². The maximum Gasteiger partial charge on any atom is 0.229 e. The summed E-state index contributed by atoms with van der Waals surface area (Å²) < 4.78 is 0. The largest absolute Gasteiger partial charge is 0.384 e. The molecule has 1 saturated heterocycles. The van der Waals surface area contributed by atoms with Crippen LogP contribution in [0.15, 0.2) is 36.8 Å². The highest BCUT2D eigenvalue weighted by molar-refractivity contribution is 5.83. The van der Waals surface area contributed by atoms with Crippen LogP contribution in [0.2, 0.25) is 0 Å². The Hall–Kier alpha value is -2.54. The molecule has 0 aromatic carbocycles. The third kappa shape index (κ3) is 5.01. The Labute approximate surface area is 160 Å². The number of anilines is 1. The topological polar surface area (TPSA) is 88.2 Å². The minimum atomic E-state index is -0.159. The van der Waals surface area contributed by atoms with Crippen molar-refractivity contribution in [2.45, 2.75) is 44.7 Å². The summed E-state index contributed by atoms with van der Waals surface area (Å²) in [5.41, 5.74) is 6.72. The first-order chi connectivity index (χ1) is 13.0. The van der Waals surface area contributed by atoms with Gasteiger partial charge in [0.1, 0.15) is 11.6 Å². The molecule has 2 unspecified atom stereocenters. The maximum absolute atomic E-state index is 12.9. The lowest BCUT2D eigenvalue weighted by molar-refractivity contribution is -0.132. The van der Waals surface area contributed by atoms with Crippen molar-refractivity contribution < 1.29 is 4.79 Å². The Balaban J connectivity index is 1.57. The van der Waals surface area contributed by atoms with Gasteiger partial charge in [-0.2, -0.15) is 0 Å². The summed E-state index contributed by atoms with van der Waals surface area (Å²) >= 11 is 0. The van der Waals surface area contributed by atoms with E-state index in [0.29, 0.717) is 18.4 Å². The molecular weight excluding hydrogens is 340 g/mol. The van der Waals surface area contributed by atoms with E-state index >= 15 is 0 Å². The molecule has 0 radical (unpaired) electrons. The van der Waals surface area contributed by atoms with Crippen molar-refractivity contribution in [2.24, 2.45) is 0 Å². The second kappa shape index (κ2) is 8.90. The van der Waals surface area contributed by atoms with Gasteiger partial charge in [-0.25, -0.2) is 9.97 Å². The molecule has 144 valence electrons. The molecule has 1 fully saturated rings. The molecule has 1 aliphatic heterocycles. The SMILES string of the molecule is CC(C(=O)N1CCCC(N(C)Cc2nccc(N)n2)CC1)c1cccnc1. The quantitative estimate of drug-likeness (QED) is 0.869. The van der Waals surface area contributed by atoms with Crippen LogP contribution in [-0.2, 0) is 11.3 Å². The van der Waals surface area contributed by atoms with Gasteiger partial charge in [-0.1, -0.05) is 6.07 Å². The highest BCUT2D eigenvalue weighted by Crippen LogP contribution is 2.22. The smallest absolute Gasteiger partial charge is 0.229 e. The molecule has 1 amide bonds. The summed E-state index contributed by atoms with van der Waals surface area (Å²) in [7, 11) is 2.09. The number of nitrogens with two attached hydrogens (primary N) is 1. The van der Waals surface area contributed by atoms with Crippen LogP contribution in [0, 0.1) is 0 Å². The number of nitrogens with zero attached hydrogens (tertiary/aromatic N) is 5. The number of carbonyl (C=O) groups is 1. The van der Waals surface area contributed by atoms with E-state index in [-0.39, 0.29) is 11.8 Å². The minimum Gasteiger partial charge on any atom is -0.384 e. The lowest BCUT2D eigenvalue weighted by atomic mass is 10.0. The van der Waals surface area contributed by atoms with E-state index < -0.39 is 0 Å². The van der Waals surface area contributed by atoms with E-state index in [0.717, 1.165) is 43.7 Å². The summed E-state index contributed by atoms with van der Waals surface area (Å²) in [6.07, 6.45) is 8.21. The molecule has 2 aromatic heterocycles. The van der Waals surface area contributed by atoms with Crippen molar-refractivity contribution in [3.05, 3.63) is 48.2 Å². The average Bonchev–Trinajstić information content (AvgIpc) is 2.94. The zero-order valence-electron chi connectivity index (χ0n) is 16.1. The molecule has 27 heavy (non-hydrogen) atoms. The highest BCUT2D eigenvalue weighted by atomic mass is 16.2. The molecule has 2 aromatic rings. The predicted molar refractivity (Wildman–Crippen MR) is 105 cm³/mol. The molecule has 0 spiro atoms. The van der Waals surface area contributed by atoms with E-state index in [1.165, 1.54) is 0 Å². The van der Waals surface area contributed by atoms with Gasteiger partial charge in [-0.3, -0.25) is 14.7 Å². The van der Waals surface area contributed by atoms with Gasteiger partial charge in [0.15, 0.2) is 0 Å². The fraction of sp³-hybridized carbons (Fsp3) is 0.500. The first kappa shape index (κ1) is 19.2. The van der Waals surface area contributed by atoms with Crippen molar-refractivity contribution in [3.8, 4) is 0 Å². The summed E-state index contributed by atoms with van der Waals surface area (Å²) in [5, 5.41) is 0. The van der Waals surface area contributed by atoms with Crippen molar-refractivity contribution in [2.75, 3.05) is 25.9 Å². The van der Waals surface area contributed by atoms with Gasteiger partial charge >= 0.3 is 0 Å². The second-order valence-corrected chi connectivity index (χ2v) is 7.23. The highest BCUT2D eigenvalue weighted by Gasteiger charge is 2.26. The number of aromatic nitrogens is 3. The summed E-state index contributed by atoms with van der Waals surface area (Å²) in [4.78, 5) is 29.9. The van der Waals surface area contributed by atoms with E-state index in [4.69, 9.17) is 5.73 Å². The third-order valence-electron chi connectivity index (χ3n) is 5.31. The Morgan fingerprint density at radius 2 is 2.19 bits per heavy atom. The molecular formula is C20H28N6O. The number of amides is 1. The van der Waals surface area contributed by atoms with Gasteiger partial charge in [-0.15, -0.1) is 0 Å². The Morgan fingerprint density at radius 1 is 1.33 bits per heavy atom. The van der Waals surface area contributed by atoms with Crippen molar-refractivity contribution >= 4 is 11.7 Å². The molecule has 0 saturated carbocycles. The van der Waals surface area contributed by atoms with E-state index in [2.05, 4.69) is 26.9 Å². The number of hydrogen-bond acceptors (Lipinski definition) is 6. The summed E-state index contributed by atoms with van der Waals surface area (Å²) in [6, 6.07) is 5.95. The summed E-state index contributed by atoms with van der Waals surface area (Å²) in [5.74, 6) is 1.26. The summed E-state index contributed by atoms with van der Waals surface area (Å²) in [6.45, 7) is 4.21. The monoisotopic (exact) mass is 368 g/mol. The molecule has 3 rings (SSSR count). The van der Waals surface area contributed by atoms with Gasteiger partial charge < -0.3 is 10.6 Å². The standard InChI is InChI=1S/C20H28N6O/c1-15(16-5-3-9-22-13-16)20(27)26-11-4-6-17(8-12-26)25(2)14-19-23-10-7-18(21)24-19/h3,5,7,9-10,13,15,17H,4,6,8,11-12,14H2,1-2H3,(H2,21,23,24). The first-order valence-electron chi connectivity index (χ1n) is 9.51. The Bertz CT molecular complexity index is 753. The van der Waals surface area contributed by atoms with E-state index in [1.54, 1.807) is 24.7 Å². The van der Waals surface area contributed by atoms with Gasteiger partial charge in [0.2, 0.25) is 5.91 Å². The van der Waals surface area contributed by atoms with Crippen LogP contribution in [0.4, 0.5) is 5.82 Å². The molecule has 2 N–H and O–H groups in total. The van der Waals surface area contributed by atoms with Crippen LogP contribution < -0.4 is 5.73 Å². The van der Waals surface area contributed by atoms with Crippen molar-refractivity contribution in [1.29, 1.82) is 0 Å². The van der Waals surface area contributed by atoms with Crippen LogP contribution in [0.3, 0.4) is 0 Å². The molecule has 2 atom stereocenters. The van der Waals surface area contributed by atoms with Crippen molar-refractivity contribution in [3.63, 3.8) is 0 Å². The molecule has 3 heterocycles. The van der Waals surface area contributed by atoms with Gasteiger partial charge in [0.05, 0.1) is 12.5 Å². The van der Waals surface area contributed by atoms with Crippen LogP contribution in [0.1, 0.15) is 43.5 Å². The number of pyridine rings is 1. The fourth-order valence-electron chi connectivity index (χ4n) is 3.63. The van der Waals surface area contributed by atoms with Crippen LogP contribution in [0.25, 0.3) is 0 Å². The molecule has 7 heteroatoms. The lowest BCUT2D eigenvalue weighted by Gasteiger charge is -2.27. The molecule has 1 aliphatic rings. The zero-order valence-corrected chi connectivity index (χ0v) is 16.1.